The van der Waals surface area contributed by atoms with Crippen LogP contribution in [0.5, 0.6) is 5.75 Å². The van der Waals surface area contributed by atoms with Crippen LogP contribution in [0.3, 0.4) is 0 Å². The van der Waals surface area contributed by atoms with E-state index >= 15 is 0 Å². The first kappa shape index (κ1) is 18.5. The van der Waals surface area contributed by atoms with Crippen LogP contribution in [0.2, 0.25) is 5.02 Å². The van der Waals surface area contributed by atoms with Gasteiger partial charge in [0.2, 0.25) is 5.91 Å². The Labute approximate surface area is 154 Å². The third kappa shape index (κ3) is 5.33. The van der Waals surface area contributed by atoms with Gasteiger partial charge < -0.3 is 14.4 Å². The fourth-order valence-electron chi connectivity index (χ4n) is 3.55. The number of nitrogens with zero attached hydrogens (tertiary/aromatic N) is 2. The molecule has 0 bridgehead atoms. The third-order valence-corrected chi connectivity index (χ3v) is 5.11. The summed E-state index contributed by atoms with van der Waals surface area (Å²) >= 11 is 5.97. The zero-order valence-corrected chi connectivity index (χ0v) is 15.4. The highest BCUT2D eigenvalue weighted by molar-refractivity contribution is 6.30. The molecule has 0 aliphatic carbocycles. The molecule has 1 aromatic rings. The van der Waals surface area contributed by atoms with Crippen molar-refractivity contribution in [3.63, 3.8) is 0 Å². The van der Waals surface area contributed by atoms with Gasteiger partial charge >= 0.3 is 0 Å². The molecule has 2 heterocycles. The van der Waals surface area contributed by atoms with Crippen LogP contribution < -0.4 is 4.74 Å². The lowest BCUT2D eigenvalue weighted by atomic mass is 10.0. The molecule has 25 heavy (non-hydrogen) atoms. The molecule has 6 heteroatoms. The number of rotatable bonds is 6. The first-order chi connectivity index (χ1) is 12.2. The lowest BCUT2D eigenvalue weighted by molar-refractivity contribution is -0.142. The monoisotopic (exact) mass is 366 g/mol. The molecule has 1 amide bonds. The number of hydrogen-bond acceptors (Lipinski definition) is 4. The van der Waals surface area contributed by atoms with Gasteiger partial charge in [0, 0.05) is 24.7 Å². The molecule has 0 N–H and O–H groups in total. The van der Waals surface area contributed by atoms with Crippen molar-refractivity contribution in [1.82, 2.24) is 9.80 Å². The highest BCUT2D eigenvalue weighted by Crippen LogP contribution is 2.21. The zero-order chi connectivity index (χ0) is 17.5. The second-order valence-corrected chi connectivity index (χ2v) is 7.08. The Balaban J connectivity index is 1.46. The molecule has 2 aliphatic heterocycles. The standard InChI is InChI=1S/C19H27ClN2O3/c20-16-5-3-6-17(15-16)25-12-4-9-21-8-2-1-7-18(21)19(23)22-10-13-24-14-11-22/h3,5-6,15,18H,1-2,4,7-14H2. The molecule has 3 rings (SSSR count). The van der Waals surface area contributed by atoms with Gasteiger partial charge in [-0.05, 0) is 44.0 Å². The van der Waals surface area contributed by atoms with Crippen LogP contribution in [0, 0.1) is 0 Å². The van der Waals surface area contributed by atoms with E-state index in [1.807, 2.05) is 29.2 Å². The van der Waals surface area contributed by atoms with Crippen LogP contribution in [-0.4, -0.2) is 67.7 Å². The summed E-state index contributed by atoms with van der Waals surface area (Å²) in [5, 5.41) is 0.685. The molecule has 1 unspecified atom stereocenters. The highest BCUT2D eigenvalue weighted by atomic mass is 35.5. The second-order valence-electron chi connectivity index (χ2n) is 6.64. The summed E-state index contributed by atoms with van der Waals surface area (Å²) in [7, 11) is 0. The van der Waals surface area contributed by atoms with Gasteiger partial charge in [-0.15, -0.1) is 0 Å². The molecule has 0 aromatic heterocycles. The van der Waals surface area contributed by atoms with Crippen molar-refractivity contribution in [3.05, 3.63) is 29.3 Å². The Morgan fingerprint density at radius 2 is 2.08 bits per heavy atom. The van der Waals surface area contributed by atoms with Gasteiger partial charge in [-0.3, -0.25) is 9.69 Å². The number of likely N-dealkylation sites (tertiary alicyclic amines) is 1. The fraction of sp³-hybridized carbons (Fsp3) is 0.632. The minimum Gasteiger partial charge on any atom is -0.493 e. The van der Waals surface area contributed by atoms with E-state index in [1.165, 1.54) is 6.42 Å². The molecule has 5 nitrogen and oxygen atoms in total. The van der Waals surface area contributed by atoms with Crippen molar-refractivity contribution in [1.29, 1.82) is 0 Å². The van der Waals surface area contributed by atoms with Crippen LogP contribution in [0.25, 0.3) is 0 Å². The molecular weight excluding hydrogens is 340 g/mol. The number of ether oxygens (including phenoxy) is 2. The van der Waals surface area contributed by atoms with Crippen LogP contribution in [-0.2, 0) is 9.53 Å². The number of piperidine rings is 1. The minimum atomic E-state index is 0.0259. The predicted octanol–water partition coefficient (Wildman–Crippen LogP) is 2.82. The molecule has 2 saturated heterocycles. The normalized spacial score (nSPS) is 22.0. The van der Waals surface area contributed by atoms with Crippen molar-refractivity contribution >= 4 is 17.5 Å². The highest BCUT2D eigenvalue weighted by Gasteiger charge is 2.32. The fourth-order valence-corrected chi connectivity index (χ4v) is 3.73. The van der Waals surface area contributed by atoms with Crippen molar-refractivity contribution in [2.75, 3.05) is 46.0 Å². The van der Waals surface area contributed by atoms with Crippen molar-refractivity contribution < 1.29 is 14.3 Å². The van der Waals surface area contributed by atoms with Crippen molar-refractivity contribution in [3.8, 4) is 5.75 Å². The molecule has 2 fully saturated rings. The summed E-state index contributed by atoms with van der Waals surface area (Å²) in [4.78, 5) is 17.1. The lowest BCUT2D eigenvalue weighted by Gasteiger charge is -2.38. The Morgan fingerprint density at radius 3 is 2.88 bits per heavy atom. The summed E-state index contributed by atoms with van der Waals surface area (Å²) in [6, 6.07) is 7.49. The summed E-state index contributed by atoms with van der Waals surface area (Å²) < 4.78 is 11.1. The second kappa shape index (κ2) is 9.41. The average molecular weight is 367 g/mol. The summed E-state index contributed by atoms with van der Waals surface area (Å²) in [5.74, 6) is 1.07. The van der Waals surface area contributed by atoms with Gasteiger partial charge in [-0.2, -0.15) is 0 Å². The molecular formula is C19H27ClN2O3. The number of benzene rings is 1. The van der Waals surface area contributed by atoms with Gasteiger partial charge in [0.15, 0.2) is 0 Å². The number of carbonyl (C=O) groups is 1. The zero-order valence-electron chi connectivity index (χ0n) is 14.7. The number of halogens is 1. The van der Waals surface area contributed by atoms with Crippen LogP contribution in [0.4, 0.5) is 0 Å². The number of hydrogen-bond donors (Lipinski definition) is 0. The molecule has 1 atom stereocenters. The van der Waals surface area contributed by atoms with E-state index < -0.39 is 0 Å². The lowest BCUT2D eigenvalue weighted by Crippen LogP contribution is -2.53. The van der Waals surface area contributed by atoms with Crippen LogP contribution >= 0.6 is 11.6 Å². The summed E-state index contributed by atoms with van der Waals surface area (Å²) in [6.07, 6.45) is 4.17. The van der Waals surface area contributed by atoms with Crippen LogP contribution in [0.1, 0.15) is 25.7 Å². The molecule has 0 spiro atoms. The predicted molar refractivity (Wildman–Crippen MR) is 98.2 cm³/mol. The Hall–Kier alpha value is -1.30. The summed E-state index contributed by atoms with van der Waals surface area (Å²) in [6.45, 7) is 5.29. The SMILES string of the molecule is O=C(C1CCCCN1CCCOc1cccc(Cl)c1)N1CCOCC1. The van der Waals surface area contributed by atoms with Gasteiger partial charge in [-0.1, -0.05) is 24.1 Å². The maximum atomic E-state index is 12.8. The van der Waals surface area contributed by atoms with E-state index in [4.69, 9.17) is 21.1 Å². The average Bonchev–Trinajstić information content (AvgIpc) is 2.66. The quantitative estimate of drug-likeness (QED) is 0.726. The minimum absolute atomic E-state index is 0.0259. The van der Waals surface area contributed by atoms with E-state index in [0.29, 0.717) is 24.8 Å². The van der Waals surface area contributed by atoms with Crippen molar-refractivity contribution in [2.45, 2.75) is 31.7 Å². The third-order valence-electron chi connectivity index (χ3n) is 4.88. The van der Waals surface area contributed by atoms with E-state index in [-0.39, 0.29) is 11.9 Å². The first-order valence-electron chi connectivity index (χ1n) is 9.23. The van der Waals surface area contributed by atoms with Crippen LogP contribution in [0.15, 0.2) is 24.3 Å². The Kier molecular flexibility index (Phi) is 6.96. The van der Waals surface area contributed by atoms with Crippen molar-refractivity contribution in [2.24, 2.45) is 0 Å². The number of carbonyl (C=O) groups excluding carboxylic acids is 1. The topological polar surface area (TPSA) is 42.0 Å². The molecule has 0 saturated carbocycles. The molecule has 138 valence electrons. The smallest absolute Gasteiger partial charge is 0.240 e. The maximum absolute atomic E-state index is 12.8. The number of amides is 1. The van der Waals surface area contributed by atoms with Gasteiger partial charge in [0.1, 0.15) is 5.75 Å². The van der Waals surface area contributed by atoms with E-state index in [1.54, 1.807) is 0 Å². The van der Waals surface area contributed by atoms with E-state index in [0.717, 1.165) is 51.2 Å². The largest absolute Gasteiger partial charge is 0.493 e. The Bertz CT molecular complexity index is 563. The molecule has 2 aliphatic rings. The molecule has 0 radical (unpaired) electrons. The van der Waals surface area contributed by atoms with E-state index in [2.05, 4.69) is 4.90 Å². The van der Waals surface area contributed by atoms with Gasteiger partial charge in [0.05, 0.1) is 25.9 Å². The summed E-state index contributed by atoms with van der Waals surface area (Å²) in [5.41, 5.74) is 0. The maximum Gasteiger partial charge on any atom is 0.240 e. The molecule has 1 aromatic carbocycles. The Morgan fingerprint density at radius 1 is 1.24 bits per heavy atom. The van der Waals surface area contributed by atoms with E-state index in [9.17, 15) is 4.79 Å². The first-order valence-corrected chi connectivity index (χ1v) is 9.61. The number of morpholine rings is 1. The van der Waals surface area contributed by atoms with Gasteiger partial charge in [0.25, 0.3) is 0 Å². The van der Waals surface area contributed by atoms with Gasteiger partial charge in [-0.25, -0.2) is 0 Å².